The molecule has 0 bridgehead atoms. The first-order valence-electron chi connectivity index (χ1n) is 12.5. The molecule has 3 fully saturated rings. The SMILES string of the molecule is O=C1[C@@H]2[C@@H](Cc3ccc(O)c(O)c3)N[C@]3(C(=O)Nc4ccccc43)[C@H]2C(=O)N1C1CCCCCC1. The fraction of sp³-hybridized carbons (Fsp3) is 0.444. The Kier molecular flexibility index (Phi) is 5.11. The monoisotopic (exact) mass is 475 g/mol. The molecule has 4 aliphatic rings. The van der Waals surface area contributed by atoms with E-state index in [4.69, 9.17) is 0 Å². The molecule has 3 heterocycles. The van der Waals surface area contributed by atoms with E-state index in [1.807, 2.05) is 24.3 Å². The van der Waals surface area contributed by atoms with Gasteiger partial charge in [-0.3, -0.25) is 24.6 Å². The van der Waals surface area contributed by atoms with Gasteiger partial charge in [-0.05, 0) is 43.0 Å². The van der Waals surface area contributed by atoms with Gasteiger partial charge >= 0.3 is 0 Å². The molecule has 3 amide bonds. The van der Waals surface area contributed by atoms with Crippen LogP contribution in [0, 0.1) is 11.8 Å². The van der Waals surface area contributed by atoms with Gasteiger partial charge in [0.15, 0.2) is 11.5 Å². The minimum Gasteiger partial charge on any atom is -0.504 e. The van der Waals surface area contributed by atoms with Crippen LogP contribution in [-0.2, 0) is 26.3 Å². The van der Waals surface area contributed by atoms with Crippen molar-refractivity contribution in [3.05, 3.63) is 53.6 Å². The summed E-state index contributed by atoms with van der Waals surface area (Å²) in [5, 5.41) is 26.1. The predicted molar refractivity (Wildman–Crippen MR) is 127 cm³/mol. The first-order chi connectivity index (χ1) is 16.9. The van der Waals surface area contributed by atoms with Gasteiger partial charge in [-0.1, -0.05) is 49.9 Å². The zero-order valence-electron chi connectivity index (χ0n) is 19.4. The van der Waals surface area contributed by atoms with Crippen LogP contribution in [0.15, 0.2) is 42.5 Å². The Morgan fingerprint density at radius 3 is 2.40 bits per heavy atom. The van der Waals surface area contributed by atoms with Crippen LogP contribution in [0.25, 0.3) is 0 Å². The fourth-order valence-corrected chi connectivity index (χ4v) is 6.78. The highest BCUT2D eigenvalue weighted by atomic mass is 16.3. The van der Waals surface area contributed by atoms with Crippen LogP contribution in [0.3, 0.4) is 0 Å². The number of nitrogens with one attached hydrogen (secondary N) is 2. The van der Waals surface area contributed by atoms with Crippen LogP contribution in [0.2, 0.25) is 0 Å². The van der Waals surface area contributed by atoms with Crippen molar-refractivity contribution >= 4 is 23.4 Å². The maximum absolute atomic E-state index is 14.0. The van der Waals surface area contributed by atoms with Crippen molar-refractivity contribution in [3.8, 4) is 11.5 Å². The number of carbonyl (C=O) groups excluding carboxylic acids is 3. The zero-order chi connectivity index (χ0) is 24.3. The number of phenols is 2. The van der Waals surface area contributed by atoms with Gasteiger partial charge in [-0.15, -0.1) is 0 Å². The fourth-order valence-electron chi connectivity index (χ4n) is 6.78. The molecule has 1 aliphatic carbocycles. The second-order valence-corrected chi connectivity index (χ2v) is 10.3. The molecule has 3 aliphatic heterocycles. The lowest BCUT2D eigenvalue weighted by Gasteiger charge is -2.32. The number of para-hydroxylation sites is 1. The number of rotatable bonds is 3. The Hall–Kier alpha value is -3.39. The molecule has 4 N–H and O–H groups in total. The smallest absolute Gasteiger partial charge is 0.250 e. The van der Waals surface area contributed by atoms with Gasteiger partial charge in [0.2, 0.25) is 17.7 Å². The van der Waals surface area contributed by atoms with Gasteiger partial charge in [0.05, 0.1) is 11.8 Å². The number of phenolic OH excluding ortho intramolecular Hbond substituents is 2. The van der Waals surface area contributed by atoms with E-state index in [1.165, 1.54) is 17.0 Å². The minimum absolute atomic E-state index is 0.127. The lowest BCUT2D eigenvalue weighted by atomic mass is 9.76. The van der Waals surface area contributed by atoms with Crippen LogP contribution in [0.5, 0.6) is 11.5 Å². The van der Waals surface area contributed by atoms with Gasteiger partial charge < -0.3 is 15.5 Å². The summed E-state index contributed by atoms with van der Waals surface area (Å²) in [6.45, 7) is 0. The highest BCUT2D eigenvalue weighted by molar-refractivity contribution is 6.15. The number of fused-ring (bicyclic) bond motifs is 4. The van der Waals surface area contributed by atoms with Crippen molar-refractivity contribution in [2.24, 2.45) is 11.8 Å². The standard InChI is InChI=1S/C27H29N3O5/c31-20-12-11-15(14-21(20)32)13-19-22-23(25(34)30(24(22)33)16-7-3-1-2-4-8-16)27(29-19)17-9-5-6-10-18(17)28-26(27)35/h5-6,9-12,14,16,19,22-23,29,31-32H,1-4,7-8,13H2,(H,28,35)/t19-,22-,23-,27+/m1/s1. The van der Waals surface area contributed by atoms with E-state index in [9.17, 15) is 24.6 Å². The number of amides is 3. The first-order valence-corrected chi connectivity index (χ1v) is 12.5. The van der Waals surface area contributed by atoms with Crippen LogP contribution in [-0.4, -0.2) is 44.9 Å². The highest BCUT2D eigenvalue weighted by Crippen LogP contribution is 2.54. The molecule has 1 spiro atoms. The summed E-state index contributed by atoms with van der Waals surface area (Å²) >= 11 is 0. The predicted octanol–water partition coefficient (Wildman–Crippen LogP) is 2.78. The van der Waals surface area contributed by atoms with Crippen molar-refractivity contribution in [2.45, 2.75) is 62.6 Å². The van der Waals surface area contributed by atoms with E-state index in [1.54, 1.807) is 6.07 Å². The number of hydrogen-bond acceptors (Lipinski definition) is 6. The quantitative estimate of drug-likeness (QED) is 0.308. The molecule has 1 saturated carbocycles. The van der Waals surface area contributed by atoms with Gasteiger partial charge in [0.25, 0.3) is 0 Å². The minimum atomic E-state index is -1.32. The number of aromatic hydroxyl groups is 2. The summed E-state index contributed by atoms with van der Waals surface area (Å²) in [5.74, 6) is -2.78. The largest absolute Gasteiger partial charge is 0.504 e. The van der Waals surface area contributed by atoms with Gasteiger partial charge in [0, 0.05) is 23.3 Å². The molecular formula is C27H29N3O5. The van der Waals surface area contributed by atoms with E-state index in [-0.39, 0.29) is 35.3 Å². The number of imide groups is 1. The lowest BCUT2D eigenvalue weighted by Crippen LogP contribution is -2.54. The van der Waals surface area contributed by atoms with Crippen molar-refractivity contribution in [3.63, 3.8) is 0 Å². The van der Waals surface area contributed by atoms with Crippen LogP contribution < -0.4 is 10.6 Å². The number of hydrogen-bond donors (Lipinski definition) is 4. The Bertz CT molecular complexity index is 1220. The van der Waals surface area contributed by atoms with Crippen LogP contribution in [0.1, 0.15) is 49.7 Å². The average molecular weight is 476 g/mol. The number of benzene rings is 2. The summed E-state index contributed by atoms with van der Waals surface area (Å²) in [7, 11) is 0. The van der Waals surface area contributed by atoms with Crippen molar-refractivity contribution in [2.75, 3.05) is 5.32 Å². The molecule has 4 atom stereocenters. The second-order valence-electron chi connectivity index (χ2n) is 10.3. The maximum Gasteiger partial charge on any atom is 0.250 e. The van der Waals surface area contributed by atoms with E-state index >= 15 is 0 Å². The molecule has 2 aromatic rings. The third-order valence-corrected chi connectivity index (χ3v) is 8.34. The Labute approximate surface area is 203 Å². The third-order valence-electron chi connectivity index (χ3n) is 8.34. The number of likely N-dealkylation sites (tertiary alicyclic amines) is 1. The zero-order valence-corrected chi connectivity index (χ0v) is 19.4. The number of carbonyl (C=O) groups is 3. The van der Waals surface area contributed by atoms with Gasteiger partial charge in [-0.25, -0.2) is 0 Å². The summed E-state index contributed by atoms with van der Waals surface area (Å²) < 4.78 is 0. The Morgan fingerprint density at radius 1 is 0.914 bits per heavy atom. The summed E-state index contributed by atoms with van der Waals surface area (Å²) in [6.07, 6.45) is 6.11. The molecular weight excluding hydrogens is 446 g/mol. The molecule has 35 heavy (non-hydrogen) atoms. The summed E-state index contributed by atoms with van der Waals surface area (Å²) in [5.41, 5.74) is 0.727. The topological polar surface area (TPSA) is 119 Å². The molecule has 2 saturated heterocycles. The van der Waals surface area contributed by atoms with Crippen molar-refractivity contribution < 1.29 is 24.6 Å². The molecule has 8 nitrogen and oxygen atoms in total. The summed E-state index contributed by atoms with van der Waals surface area (Å²) in [6, 6.07) is 11.3. The van der Waals surface area contributed by atoms with E-state index < -0.39 is 23.4 Å². The van der Waals surface area contributed by atoms with Gasteiger partial charge in [-0.2, -0.15) is 0 Å². The molecule has 0 radical (unpaired) electrons. The van der Waals surface area contributed by atoms with E-state index in [2.05, 4.69) is 10.6 Å². The lowest BCUT2D eigenvalue weighted by molar-refractivity contribution is -0.145. The van der Waals surface area contributed by atoms with Gasteiger partial charge in [0.1, 0.15) is 5.54 Å². The summed E-state index contributed by atoms with van der Waals surface area (Å²) in [4.78, 5) is 43.0. The first kappa shape index (κ1) is 22.1. The Morgan fingerprint density at radius 2 is 1.66 bits per heavy atom. The molecule has 0 unspecified atom stereocenters. The average Bonchev–Trinajstić information content (AvgIpc) is 3.30. The second kappa shape index (κ2) is 8.09. The molecule has 0 aromatic heterocycles. The highest BCUT2D eigenvalue weighted by Gasteiger charge is 2.70. The van der Waals surface area contributed by atoms with E-state index in [0.29, 0.717) is 23.2 Å². The number of nitrogens with zero attached hydrogens (tertiary/aromatic N) is 1. The normalized spacial score (nSPS) is 30.5. The third kappa shape index (κ3) is 3.19. The van der Waals surface area contributed by atoms with E-state index in [0.717, 1.165) is 38.5 Å². The molecule has 6 rings (SSSR count). The maximum atomic E-state index is 14.0. The van der Waals surface area contributed by atoms with Crippen molar-refractivity contribution in [1.82, 2.24) is 10.2 Å². The van der Waals surface area contributed by atoms with Crippen molar-refractivity contribution in [1.29, 1.82) is 0 Å². The van der Waals surface area contributed by atoms with Crippen LogP contribution >= 0.6 is 0 Å². The molecule has 2 aromatic carbocycles. The number of anilines is 1. The Balaban J connectivity index is 1.44. The van der Waals surface area contributed by atoms with Crippen LogP contribution in [0.4, 0.5) is 5.69 Å². The molecule has 182 valence electrons. The molecule has 8 heteroatoms.